The third-order valence-corrected chi connectivity index (χ3v) is 5.93. The molecule has 0 spiro atoms. The minimum Gasteiger partial charge on any atom is -0.384 e. The van der Waals surface area contributed by atoms with Gasteiger partial charge in [-0.1, -0.05) is 20.1 Å². The van der Waals surface area contributed by atoms with E-state index in [2.05, 4.69) is 33.6 Å². The van der Waals surface area contributed by atoms with Crippen molar-refractivity contribution in [2.75, 3.05) is 18.6 Å². The van der Waals surface area contributed by atoms with Crippen LogP contribution in [-0.2, 0) is 12.5 Å². The van der Waals surface area contributed by atoms with Gasteiger partial charge >= 0.3 is 5.92 Å². The SMILES string of the molecule is Cc1nc(NCc2cccc(C(F)(F)C(C)(C)O)c2F)c2cc(P(C)C)ncc2n1. The minimum atomic E-state index is -3.74. The Morgan fingerprint density at radius 2 is 1.87 bits per heavy atom. The van der Waals surface area contributed by atoms with Gasteiger partial charge in [0.05, 0.1) is 22.7 Å². The molecule has 2 heterocycles. The minimum absolute atomic E-state index is 0.0448. The number of aryl methyl sites for hydroxylation is 1. The van der Waals surface area contributed by atoms with Crippen LogP contribution in [0.3, 0.4) is 0 Å². The summed E-state index contributed by atoms with van der Waals surface area (Å²) in [6.07, 6.45) is 1.68. The summed E-state index contributed by atoms with van der Waals surface area (Å²) in [6.45, 7) is 7.74. The van der Waals surface area contributed by atoms with Gasteiger partial charge < -0.3 is 10.4 Å². The fourth-order valence-electron chi connectivity index (χ4n) is 2.98. The van der Waals surface area contributed by atoms with Crippen LogP contribution in [0.2, 0.25) is 0 Å². The molecule has 0 amide bonds. The predicted octanol–water partition coefficient (Wildman–Crippen LogP) is 4.31. The summed E-state index contributed by atoms with van der Waals surface area (Å²) in [5.41, 5.74) is -1.63. The quantitative estimate of drug-likeness (QED) is 0.564. The van der Waals surface area contributed by atoms with E-state index in [1.54, 1.807) is 13.1 Å². The molecule has 0 saturated heterocycles. The molecule has 30 heavy (non-hydrogen) atoms. The number of benzene rings is 1. The van der Waals surface area contributed by atoms with Crippen LogP contribution < -0.4 is 10.8 Å². The number of hydrogen-bond acceptors (Lipinski definition) is 5. The molecule has 2 N–H and O–H groups in total. The highest BCUT2D eigenvalue weighted by Gasteiger charge is 2.48. The Hall–Kier alpha value is -2.31. The molecule has 160 valence electrons. The summed E-state index contributed by atoms with van der Waals surface area (Å²) in [6, 6.07) is 5.66. The number of nitrogens with one attached hydrogen (secondary N) is 1. The first kappa shape index (κ1) is 22.4. The van der Waals surface area contributed by atoms with Gasteiger partial charge in [0.25, 0.3) is 0 Å². The molecular weight excluding hydrogens is 412 g/mol. The van der Waals surface area contributed by atoms with Gasteiger partial charge in [0, 0.05) is 17.5 Å². The third kappa shape index (κ3) is 4.25. The van der Waals surface area contributed by atoms with Gasteiger partial charge in [0.2, 0.25) is 0 Å². The van der Waals surface area contributed by atoms with Crippen LogP contribution in [0.25, 0.3) is 10.9 Å². The highest BCUT2D eigenvalue weighted by molar-refractivity contribution is 7.63. The summed E-state index contributed by atoms with van der Waals surface area (Å²) in [4.78, 5) is 13.2. The lowest BCUT2D eigenvalue weighted by atomic mass is 9.92. The Labute approximate surface area is 174 Å². The number of halogens is 3. The van der Waals surface area contributed by atoms with E-state index in [0.717, 1.165) is 30.7 Å². The first-order valence-electron chi connectivity index (χ1n) is 9.35. The van der Waals surface area contributed by atoms with Crippen molar-refractivity contribution in [1.29, 1.82) is 0 Å². The van der Waals surface area contributed by atoms with Crippen molar-refractivity contribution < 1.29 is 18.3 Å². The average Bonchev–Trinajstić information content (AvgIpc) is 2.65. The van der Waals surface area contributed by atoms with Gasteiger partial charge in [-0.3, -0.25) is 4.98 Å². The zero-order chi connectivity index (χ0) is 22.3. The zero-order valence-corrected chi connectivity index (χ0v) is 18.4. The van der Waals surface area contributed by atoms with Gasteiger partial charge in [-0.15, -0.1) is 0 Å². The molecule has 1 aromatic carbocycles. The Kier molecular flexibility index (Phi) is 6.03. The van der Waals surface area contributed by atoms with Crippen LogP contribution in [0.15, 0.2) is 30.5 Å². The summed E-state index contributed by atoms with van der Waals surface area (Å²) < 4.78 is 43.9. The second-order valence-electron chi connectivity index (χ2n) is 7.84. The van der Waals surface area contributed by atoms with Gasteiger partial charge in [0.15, 0.2) is 0 Å². The van der Waals surface area contributed by atoms with Crippen LogP contribution in [-0.4, -0.2) is 39.0 Å². The molecule has 0 aliphatic rings. The second-order valence-corrected chi connectivity index (χ2v) is 10.1. The Morgan fingerprint density at radius 1 is 1.17 bits per heavy atom. The number of hydrogen-bond donors (Lipinski definition) is 2. The third-order valence-electron chi connectivity index (χ3n) is 4.77. The first-order chi connectivity index (χ1) is 13.9. The van der Waals surface area contributed by atoms with Crippen LogP contribution in [0, 0.1) is 12.7 Å². The van der Waals surface area contributed by atoms with Crippen molar-refractivity contribution in [1.82, 2.24) is 15.0 Å². The lowest BCUT2D eigenvalue weighted by Gasteiger charge is -2.30. The van der Waals surface area contributed by atoms with Gasteiger partial charge in [-0.05, 0) is 46.2 Å². The van der Waals surface area contributed by atoms with Crippen molar-refractivity contribution in [2.24, 2.45) is 0 Å². The van der Waals surface area contributed by atoms with Crippen molar-refractivity contribution in [3.63, 3.8) is 0 Å². The van der Waals surface area contributed by atoms with Crippen LogP contribution in [0.5, 0.6) is 0 Å². The Balaban J connectivity index is 1.97. The summed E-state index contributed by atoms with van der Waals surface area (Å²) >= 11 is 0. The maximum absolute atomic E-state index is 14.9. The normalized spacial score (nSPS) is 12.6. The number of fused-ring (bicyclic) bond motifs is 1. The van der Waals surface area contributed by atoms with E-state index in [-0.39, 0.29) is 12.1 Å². The fourth-order valence-corrected chi connectivity index (χ4v) is 3.66. The van der Waals surface area contributed by atoms with E-state index in [1.165, 1.54) is 12.1 Å². The van der Waals surface area contributed by atoms with E-state index in [9.17, 15) is 18.3 Å². The molecule has 3 rings (SSSR count). The maximum atomic E-state index is 14.9. The van der Waals surface area contributed by atoms with Crippen molar-refractivity contribution in [2.45, 2.75) is 38.8 Å². The van der Waals surface area contributed by atoms with E-state index >= 15 is 0 Å². The molecule has 0 saturated carbocycles. The molecule has 0 atom stereocenters. The summed E-state index contributed by atoms with van der Waals surface area (Å²) in [5, 5.41) is 13.6. The summed E-state index contributed by atoms with van der Waals surface area (Å²) in [5.74, 6) is -3.81. The Morgan fingerprint density at radius 3 is 2.50 bits per heavy atom. The monoisotopic (exact) mass is 436 g/mol. The van der Waals surface area contributed by atoms with Crippen molar-refractivity contribution in [3.8, 4) is 0 Å². The maximum Gasteiger partial charge on any atom is 0.303 e. The van der Waals surface area contributed by atoms with Crippen LogP contribution in [0.4, 0.5) is 19.0 Å². The number of rotatable bonds is 6. The first-order valence-corrected chi connectivity index (χ1v) is 11.6. The van der Waals surface area contributed by atoms with E-state index in [1.807, 2.05) is 6.07 Å². The number of anilines is 1. The standard InChI is InChI=1S/C21H24F3N4OP/c1-12-27-16-11-25-17(30(4)5)9-14(16)19(28-12)26-10-13-7-6-8-15(18(13)22)21(23,24)20(2,3)29/h6-9,11,29H,10H2,1-5H3,(H,26,27,28). The number of aromatic nitrogens is 3. The lowest BCUT2D eigenvalue weighted by Crippen LogP contribution is -2.41. The number of nitrogens with zero attached hydrogens (tertiary/aromatic N) is 3. The molecule has 0 unspecified atom stereocenters. The molecule has 0 aliphatic carbocycles. The van der Waals surface area contributed by atoms with E-state index < -0.39 is 30.8 Å². The fraction of sp³-hybridized carbons (Fsp3) is 0.381. The average molecular weight is 436 g/mol. The molecule has 3 aromatic rings. The molecule has 0 fully saturated rings. The lowest BCUT2D eigenvalue weighted by molar-refractivity contribution is -0.170. The van der Waals surface area contributed by atoms with Crippen LogP contribution >= 0.6 is 7.92 Å². The smallest absolute Gasteiger partial charge is 0.303 e. The van der Waals surface area contributed by atoms with Crippen molar-refractivity contribution in [3.05, 3.63) is 53.2 Å². The number of pyridine rings is 1. The van der Waals surface area contributed by atoms with Gasteiger partial charge in [-0.25, -0.2) is 14.4 Å². The summed E-state index contributed by atoms with van der Waals surface area (Å²) in [7, 11) is -0.437. The molecule has 5 nitrogen and oxygen atoms in total. The molecule has 0 bridgehead atoms. The van der Waals surface area contributed by atoms with E-state index in [0.29, 0.717) is 17.2 Å². The van der Waals surface area contributed by atoms with Gasteiger partial charge in [0.1, 0.15) is 23.1 Å². The van der Waals surface area contributed by atoms with Gasteiger partial charge in [-0.2, -0.15) is 8.78 Å². The Bertz CT molecular complexity index is 1080. The molecule has 0 aliphatic heterocycles. The molecule has 2 aromatic heterocycles. The molecule has 0 radical (unpaired) electrons. The highest BCUT2D eigenvalue weighted by Crippen LogP contribution is 2.40. The van der Waals surface area contributed by atoms with E-state index in [4.69, 9.17) is 0 Å². The highest BCUT2D eigenvalue weighted by atomic mass is 31.1. The number of alkyl halides is 2. The predicted molar refractivity (Wildman–Crippen MR) is 114 cm³/mol. The number of aliphatic hydroxyl groups is 1. The molecular formula is C21H24F3N4OP. The second kappa shape index (κ2) is 8.08. The topological polar surface area (TPSA) is 70.9 Å². The zero-order valence-electron chi connectivity index (χ0n) is 17.5. The van der Waals surface area contributed by atoms with Crippen LogP contribution in [0.1, 0.15) is 30.8 Å². The largest absolute Gasteiger partial charge is 0.384 e. The molecule has 9 heteroatoms. The van der Waals surface area contributed by atoms with Crippen molar-refractivity contribution >= 4 is 30.1 Å².